The van der Waals surface area contributed by atoms with E-state index in [1.54, 1.807) is 31.2 Å². The standard InChI is InChI=1S/C18H17O5P/c1-2-3-16(20)18-14(8-13-10-24-23-13)17(21)15(9-22-18)11-4-6-12(19)7-5-11/h2-9,13,19-20,24H,10H2,1H3/b3-2-,14-8-,18-16-. The highest BCUT2D eigenvalue weighted by Gasteiger charge is 2.17. The first kappa shape index (κ1) is 16.5. The van der Waals surface area contributed by atoms with Crippen molar-refractivity contribution in [3.05, 3.63) is 63.5 Å². The van der Waals surface area contributed by atoms with Gasteiger partial charge in [-0.25, -0.2) is 0 Å². The molecule has 0 amide bonds. The largest absolute Gasteiger partial charge is 0.508 e. The maximum Gasteiger partial charge on any atom is 0.200 e. The van der Waals surface area contributed by atoms with Crippen molar-refractivity contribution in [2.45, 2.75) is 13.0 Å². The van der Waals surface area contributed by atoms with Crippen LogP contribution in [0.5, 0.6) is 5.75 Å². The molecule has 1 aromatic heterocycles. The molecule has 1 fully saturated rings. The molecule has 2 unspecified atom stereocenters. The van der Waals surface area contributed by atoms with Crippen LogP contribution in [0.1, 0.15) is 6.92 Å². The fourth-order valence-corrected chi connectivity index (χ4v) is 2.91. The van der Waals surface area contributed by atoms with E-state index in [9.17, 15) is 15.0 Å². The predicted molar refractivity (Wildman–Crippen MR) is 94.7 cm³/mol. The van der Waals surface area contributed by atoms with Gasteiger partial charge in [0.05, 0.1) is 16.9 Å². The van der Waals surface area contributed by atoms with Crippen LogP contribution in [-0.2, 0) is 4.52 Å². The Morgan fingerprint density at radius 2 is 2.04 bits per heavy atom. The van der Waals surface area contributed by atoms with Crippen molar-refractivity contribution in [1.29, 1.82) is 0 Å². The first-order chi connectivity index (χ1) is 11.6. The first-order valence-corrected chi connectivity index (χ1v) is 8.59. The molecule has 1 saturated heterocycles. The smallest absolute Gasteiger partial charge is 0.200 e. The molecule has 0 bridgehead atoms. The van der Waals surface area contributed by atoms with E-state index in [1.807, 2.05) is 0 Å². The number of aliphatic hydroxyl groups excluding tert-OH is 1. The van der Waals surface area contributed by atoms with Crippen molar-refractivity contribution in [3.63, 3.8) is 0 Å². The lowest BCUT2D eigenvalue weighted by Crippen LogP contribution is -2.42. The fourth-order valence-electron chi connectivity index (χ4n) is 2.36. The van der Waals surface area contributed by atoms with Gasteiger partial charge in [-0.1, -0.05) is 18.2 Å². The monoisotopic (exact) mass is 344 g/mol. The zero-order chi connectivity index (χ0) is 17.1. The van der Waals surface area contributed by atoms with E-state index in [2.05, 4.69) is 0 Å². The maximum atomic E-state index is 12.9. The van der Waals surface area contributed by atoms with Gasteiger partial charge in [0.15, 0.2) is 16.6 Å². The van der Waals surface area contributed by atoms with Crippen LogP contribution in [0.4, 0.5) is 0 Å². The third-order valence-corrected chi connectivity index (χ3v) is 4.67. The Morgan fingerprint density at radius 3 is 2.62 bits per heavy atom. The Morgan fingerprint density at radius 1 is 1.33 bits per heavy atom. The Kier molecular flexibility index (Phi) is 4.84. The minimum Gasteiger partial charge on any atom is -0.508 e. The number of rotatable bonds is 3. The van der Waals surface area contributed by atoms with Crippen LogP contribution in [0.3, 0.4) is 0 Å². The molecule has 2 atom stereocenters. The summed E-state index contributed by atoms with van der Waals surface area (Å²) in [5.41, 5.74) is 0.862. The minimum absolute atomic E-state index is 0.111. The van der Waals surface area contributed by atoms with Gasteiger partial charge in [-0.05, 0) is 36.8 Å². The summed E-state index contributed by atoms with van der Waals surface area (Å²) in [5, 5.41) is 19.8. The first-order valence-electron chi connectivity index (χ1n) is 7.47. The summed E-state index contributed by atoms with van der Waals surface area (Å²) >= 11 is 0. The van der Waals surface area contributed by atoms with Gasteiger partial charge < -0.3 is 19.2 Å². The second kappa shape index (κ2) is 7.04. The SMILES string of the molecule is C\C=C/C(O)=c1/occ(-c2ccc(O)cc2)c(=O)/c1=C/C1CPO1. The molecular formula is C18H17O5P. The lowest BCUT2D eigenvalue weighted by Gasteiger charge is -2.22. The molecule has 124 valence electrons. The van der Waals surface area contributed by atoms with Gasteiger partial charge in [0, 0.05) is 15.0 Å². The van der Waals surface area contributed by atoms with Crippen LogP contribution >= 0.6 is 8.81 Å². The highest BCUT2D eigenvalue weighted by molar-refractivity contribution is 7.34. The number of aromatic hydroxyl groups is 1. The molecule has 2 heterocycles. The summed E-state index contributed by atoms with van der Waals surface area (Å²) in [4.78, 5) is 12.9. The van der Waals surface area contributed by atoms with E-state index >= 15 is 0 Å². The zero-order valence-electron chi connectivity index (χ0n) is 13.0. The molecule has 1 aliphatic rings. The van der Waals surface area contributed by atoms with Crippen LogP contribution in [0.25, 0.3) is 23.0 Å². The van der Waals surface area contributed by atoms with Crippen molar-refractivity contribution < 1.29 is 19.2 Å². The molecule has 0 saturated carbocycles. The van der Waals surface area contributed by atoms with Crippen molar-refractivity contribution in [1.82, 2.24) is 0 Å². The number of hydrogen-bond donors (Lipinski definition) is 2. The average Bonchev–Trinajstić information content (AvgIpc) is 2.53. The molecule has 1 aliphatic heterocycles. The Labute approximate surface area is 140 Å². The lowest BCUT2D eigenvalue weighted by atomic mass is 10.1. The second-order valence-corrected chi connectivity index (χ2v) is 6.26. The van der Waals surface area contributed by atoms with E-state index in [4.69, 9.17) is 8.94 Å². The molecule has 1 aromatic carbocycles. The van der Waals surface area contributed by atoms with Gasteiger partial charge in [-0.3, -0.25) is 4.79 Å². The second-order valence-electron chi connectivity index (χ2n) is 5.32. The molecule has 6 heteroatoms. The molecule has 0 radical (unpaired) electrons. The van der Waals surface area contributed by atoms with E-state index in [1.165, 1.54) is 24.5 Å². The van der Waals surface area contributed by atoms with Gasteiger partial charge in [0.25, 0.3) is 0 Å². The minimum atomic E-state index is -0.253. The third kappa shape index (κ3) is 3.28. The predicted octanol–water partition coefficient (Wildman–Crippen LogP) is 2.03. The molecule has 2 N–H and O–H groups in total. The number of allylic oxidation sites excluding steroid dienone is 1. The summed E-state index contributed by atoms with van der Waals surface area (Å²) in [6, 6.07) is 6.29. The van der Waals surface area contributed by atoms with E-state index in [0.29, 0.717) is 19.9 Å². The number of phenolic OH excluding ortho intramolecular Hbond substituents is 1. The van der Waals surface area contributed by atoms with Gasteiger partial charge in [0.2, 0.25) is 0 Å². The van der Waals surface area contributed by atoms with Gasteiger partial charge in [-0.15, -0.1) is 0 Å². The zero-order valence-corrected chi connectivity index (χ0v) is 14.0. The molecule has 24 heavy (non-hydrogen) atoms. The summed E-state index contributed by atoms with van der Waals surface area (Å²) in [6.07, 6.45) is 6.87. The van der Waals surface area contributed by atoms with Crippen LogP contribution in [0.15, 0.2) is 51.9 Å². The van der Waals surface area contributed by atoms with E-state index in [0.717, 1.165) is 6.16 Å². The molecule has 0 aliphatic carbocycles. The van der Waals surface area contributed by atoms with Crippen LogP contribution in [-0.4, -0.2) is 22.5 Å². The van der Waals surface area contributed by atoms with Crippen molar-refractivity contribution in [2.24, 2.45) is 0 Å². The van der Waals surface area contributed by atoms with Gasteiger partial charge in [-0.2, -0.15) is 0 Å². The number of benzene rings is 1. The Hall–Kier alpha value is -2.36. The molecule has 3 rings (SSSR count). The van der Waals surface area contributed by atoms with Crippen LogP contribution < -0.4 is 16.1 Å². The normalized spacial score (nSPS) is 20.4. The van der Waals surface area contributed by atoms with Gasteiger partial charge >= 0.3 is 0 Å². The van der Waals surface area contributed by atoms with Crippen molar-refractivity contribution >= 4 is 20.6 Å². The average molecular weight is 344 g/mol. The molecule has 5 nitrogen and oxygen atoms in total. The molecule has 0 spiro atoms. The molecular weight excluding hydrogens is 327 g/mol. The Balaban J connectivity index is 2.27. The third-order valence-electron chi connectivity index (χ3n) is 3.64. The van der Waals surface area contributed by atoms with Crippen molar-refractivity contribution in [3.8, 4) is 16.9 Å². The summed E-state index contributed by atoms with van der Waals surface area (Å²) < 4.78 is 10.9. The van der Waals surface area contributed by atoms with E-state index in [-0.39, 0.29) is 33.7 Å². The summed E-state index contributed by atoms with van der Waals surface area (Å²) in [7, 11) is 0.435. The topological polar surface area (TPSA) is 79.9 Å². The number of hydrogen-bond acceptors (Lipinski definition) is 5. The quantitative estimate of drug-likeness (QED) is 0.833. The highest BCUT2D eigenvalue weighted by atomic mass is 31.1. The number of aliphatic hydroxyl groups is 1. The van der Waals surface area contributed by atoms with Gasteiger partial charge in [0.1, 0.15) is 12.0 Å². The fraction of sp³-hybridized carbons (Fsp3) is 0.167. The summed E-state index contributed by atoms with van der Waals surface area (Å²) in [6.45, 7) is 1.76. The molecule has 2 aromatic rings. The van der Waals surface area contributed by atoms with Crippen LogP contribution in [0, 0.1) is 0 Å². The maximum absolute atomic E-state index is 12.9. The lowest BCUT2D eigenvalue weighted by molar-refractivity contribution is 0.280. The number of phenols is 1. The van der Waals surface area contributed by atoms with Crippen molar-refractivity contribution in [2.75, 3.05) is 6.16 Å². The summed E-state index contributed by atoms with van der Waals surface area (Å²) in [5.74, 6) is 0.00865. The van der Waals surface area contributed by atoms with Crippen LogP contribution in [0.2, 0.25) is 0 Å². The van der Waals surface area contributed by atoms with E-state index < -0.39 is 0 Å². The Bertz CT molecular complexity index is 937. The highest BCUT2D eigenvalue weighted by Crippen LogP contribution is 2.30.